The van der Waals surface area contributed by atoms with Gasteiger partial charge in [0.05, 0.1) is 18.0 Å². The van der Waals surface area contributed by atoms with Crippen LogP contribution in [-0.4, -0.2) is 30.6 Å². The van der Waals surface area contributed by atoms with Gasteiger partial charge in [-0.1, -0.05) is 5.21 Å². The monoisotopic (exact) mass is 269 g/mol. The molecule has 0 fully saturated rings. The lowest BCUT2D eigenvalue weighted by molar-refractivity contribution is 0.103. The minimum atomic E-state index is -0.192. The number of halogens is 1. The molecule has 0 aromatic carbocycles. The number of carbonyl (C=O) groups excluding carboxylic acids is 1. The summed E-state index contributed by atoms with van der Waals surface area (Å²) in [4.78, 5) is 11.9. The van der Waals surface area contributed by atoms with Crippen LogP contribution in [0.25, 0.3) is 0 Å². The quantitative estimate of drug-likeness (QED) is 0.747. The Labute approximate surface area is 94.0 Å². The van der Waals surface area contributed by atoms with Crippen LogP contribution >= 0.6 is 15.9 Å². The van der Waals surface area contributed by atoms with Gasteiger partial charge in [0.15, 0.2) is 5.69 Å². The van der Waals surface area contributed by atoms with Crippen LogP contribution in [0.15, 0.2) is 17.0 Å². The standard InChI is InChI=1S/C8H8BrN5O/c1-13-4-6(11-12-13)7(15)5-3-10-14(2)8(5)9/h3-4H,1-2H3. The molecule has 0 radical (unpaired) electrons. The molecule has 0 spiro atoms. The number of aryl methyl sites for hydroxylation is 2. The number of hydrogen-bond acceptors (Lipinski definition) is 4. The highest BCUT2D eigenvalue weighted by Crippen LogP contribution is 2.17. The Morgan fingerprint density at radius 2 is 2.20 bits per heavy atom. The van der Waals surface area contributed by atoms with E-state index in [1.54, 1.807) is 25.0 Å². The van der Waals surface area contributed by atoms with Crippen molar-refractivity contribution in [3.8, 4) is 0 Å². The third-order valence-electron chi connectivity index (χ3n) is 1.95. The summed E-state index contributed by atoms with van der Waals surface area (Å²) in [6, 6.07) is 0. The zero-order chi connectivity index (χ0) is 11.0. The van der Waals surface area contributed by atoms with E-state index in [4.69, 9.17) is 0 Å². The van der Waals surface area contributed by atoms with Gasteiger partial charge in [-0.3, -0.25) is 14.2 Å². The van der Waals surface area contributed by atoms with E-state index < -0.39 is 0 Å². The first-order valence-electron chi connectivity index (χ1n) is 4.18. The Kier molecular flexibility index (Phi) is 2.39. The summed E-state index contributed by atoms with van der Waals surface area (Å²) >= 11 is 3.28. The smallest absolute Gasteiger partial charge is 0.219 e. The van der Waals surface area contributed by atoms with E-state index in [0.717, 1.165) is 0 Å². The first-order valence-corrected chi connectivity index (χ1v) is 4.97. The van der Waals surface area contributed by atoms with Crippen molar-refractivity contribution in [2.45, 2.75) is 0 Å². The molecule has 0 N–H and O–H groups in total. The van der Waals surface area contributed by atoms with Gasteiger partial charge in [-0.15, -0.1) is 5.10 Å². The van der Waals surface area contributed by atoms with E-state index in [-0.39, 0.29) is 5.78 Å². The van der Waals surface area contributed by atoms with Crippen LogP contribution in [0, 0.1) is 0 Å². The maximum atomic E-state index is 11.9. The lowest BCUT2D eigenvalue weighted by Gasteiger charge is -1.94. The van der Waals surface area contributed by atoms with Gasteiger partial charge < -0.3 is 0 Å². The summed E-state index contributed by atoms with van der Waals surface area (Å²) < 4.78 is 3.69. The maximum absolute atomic E-state index is 11.9. The van der Waals surface area contributed by atoms with Crippen molar-refractivity contribution in [2.24, 2.45) is 14.1 Å². The van der Waals surface area contributed by atoms with E-state index >= 15 is 0 Å². The lowest BCUT2D eigenvalue weighted by atomic mass is 10.2. The largest absolute Gasteiger partial charge is 0.287 e. The predicted octanol–water partition coefficient (Wildman–Crippen LogP) is 0.542. The van der Waals surface area contributed by atoms with Gasteiger partial charge in [0, 0.05) is 14.1 Å². The van der Waals surface area contributed by atoms with E-state index in [1.165, 1.54) is 10.9 Å². The highest BCUT2D eigenvalue weighted by atomic mass is 79.9. The predicted molar refractivity (Wildman–Crippen MR) is 55.3 cm³/mol. The first kappa shape index (κ1) is 10.0. The summed E-state index contributed by atoms with van der Waals surface area (Å²) in [6.07, 6.45) is 3.07. The average molecular weight is 270 g/mol. The summed E-state index contributed by atoms with van der Waals surface area (Å²) in [7, 11) is 3.46. The van der Waals surface area contributed by atoms with Crippen molar-refractivity contribution in [1.82, 2.24) is 24.8 Å². The SMILES string of the molecule is Cn1cc(C(=O)c2cnn(C)c2Br)nn1. The number of nitrogens with zero attached hydrogens (tertiary/aromatic N) is 5. The molecule has 2 aromatic heterocycles. The van der Waals surface area contributed by atoms with Gasteiger partial charge in [-0.2, -0.15) is 5.10 Å². The zero-order valence-corrected chi connectivity index (χ0v) is 9.76. The van der Waals surface area contributed by atoms with E-state index in [0.29, 0.717) is 15.9 Å². The van der Waals surface area contributed by atoms with Crippen LogP contribution in [-0.2, 0) is 14.1 Å². The summed E-state index contributed by atoms with van der Waals surface area (Å²) in [5.74, 6) is -0.192. The van der Waals surface area contributed by atoms with Crippen LogP contribution in [0.2, 0.25) is 0 Å². The Balaban J connectivity index is 2.41. The molecular weight excluding hydrogens is 262 g/mol. The molecule has 78 valence electrons. The molecular formula is C8H8BrN5O. The van der Waals surface area contributed by atoms with Gasteiger partial charge in [0.25, 0.3) is 0 Å². The van der Waals surface area contributed by atoms with Crippen LogP contribution in [0.5, 0.6) is 0 Å². The molecule has 0 atom stereocenters. The van der Waals surface area contributed by atoms with Crippen LogP contribution in [0.4, 0.5) is 0 Å². The minimum absolute atomic E-state index is 0.192. The average Bonchev–Trinajstić information content (AvgIpc) is 2.75. The molecule has 2 aromatic rings. The summed E-state index contributed by atoms with van der Waals surface area (Å²) in [6.45, 7) is 0. The topological polar surface area (TPSA) is 65.6 Å². The fraction of sp³-hybridized carbons (Fsp3) is 0.250. The third kappa shape index (κ3) is 1.70. The van der Waals surface area contributed by atoms with Gasteiger partial charge in [-0.25, -0.2) is 0 Å². The minimum Gasteiger partial charge on any atom is -0.287 e. The molecule has 0 bridgehead atoms. The number of rotatable bonds is 2. The molecule has 0 aliphatic heterocycles. The van der Waals surface area contributed by atoms with Crippen LogP contribution < -0.4 is 0 Å². The molecule has 0 unspecified atom stereocenters. The number of carbonyl (C=O) groups is 1. The summed E-state index contributed by atoms with van der Waals surface area (Å²) in [5.41, 5.74) is 0.796. The second kappa shape index (κ2) is 3.58. The van der Waals surface area contributed by atoms with E-state index in [1.807, 2.05) is 0 Å². The number of ketones is 1. The van der Waals surface area contributed by atoms with E-state index in [2.05, 4.69) is 31.3 Å². The van der Waals surface area contributed by atoms with Crippen molar-refractivity contribution >= 4 is 21.7 Å². The zero-order valence-electron chi connectivity index (χ0n) is 8.18. The van der Waals surface area contributed by atoms with Gasteiger partial charge >= 0.3 is 0 Å². The molecule has 15 heavy (non-hydrogen) atoms. The number of hydrogen-bond donors (Lipinski definition) is 0. The number of aromatic nitrogens is 5. The van der Waals surface area contributed by atoms with Crippen molar-refractivity contribution in [3.63, 3.8) is 0 Å². The van der Waals surface area contributed by atoms with Crippen molar-refractivity contribution in [1.29, 1.82) is 0 Å². The Bertz CT molecular complexity index is 515. The fourth-order valence-electron chi connectivity index (χ4n) is 1.16. The normalized spacial score (nSPS) is 10.6. The van der Waals surface area contributed by atoms with Crippen LogP contribution in [0.1, 0.15) is 16.1 Å². The highest BCUT2D eigenvalue weighted by molar-refractivity contribution is 9.10. The molecule has 2 rings (SSSR count). The molecule has 0 aliphatic carbocycles. The second-order valence-electron chi connectivity index (χ2n) is 3.08. The van der Waals surface area contributed by atoms with Crippen molar-refractivity contribution in [2.75, 3.05) is 0 Å². The lowest BCUT2D eigenvalue weighted by Crippen LogP contribution is -2.02. The van der Waals surface area contributed by atoms with Crippen molar-refractivity contribution in [3.05, 3.63) is 28.3 Å². The van der Waals surface area contributed by atoms with Crippen LogP contribution in [0.3, 0.4) is 0 Å². The molecule has 2 heterocycles. The molecule has 6 nitrogen and oxygen atoms in total. The second-order valence-corrected chi connectivity index (χ2v) is 3.83. The molecule has 0 amide bonds. The third-order valence-corrected chi connectivity index (χ3v) is 2.89. The van der Waals surface area contributed by atoms with Gasteiger partial charge in [0.1, 0.15) is 4.60 Å². The Morgan fingerprint density at radius 3 is 2.67 bits per heavy atom. The highest BCUT2D eigenvalue weighted by Gasteiger charge is 2.18. The molecule has 0 aliphatic rings. The van der Waals surface area contributed by atoms with Gasteiger partial charge in [0.2, 0.25) is 5.78 Å². The van der Waals surface area contributed by atoms with Crippen molar-refractivity contribution < 1.29 is 4.79 Å². The van der Waals surface area contributed by atoms with E-state index in [9.17, 15) is 4.79 Å². The molecule has 7 heteroatoms. The first-order chi connectivity index (χ1) is 7.09. The van der Waals surface area contributed by atoms with Gasteiger partial charge in [-0.05, 0) is 15.9 Å². The molecule has 0 saturated heterocycles. The fourth-order valence-corrected chi connectivity index (χ4v) is 1.54. The Hall–Kier alpha value is -1.50. The maximum Gasteiger partial charge on any atom is 0.219 e. The summed E-state index contributed by atoms with van der Waals surface area (Å²) in [5, 5.41) is 11.4. The molecule has 0 saturated carbocycles. The Morgan fingerprint density at radius 1 is 1.47 bits per heavy atom.